The minimum Gasteiger partial charge on any atom is -0.352 e. The largest absolute Gasteiger partial charge is 0.352 e. The summed E-state index contributed by atoms with van der Waals surface area (Å²) in [5.74, 6) is -0.268. The maximum atomic E-state index is 12.4. The molecule has 0 aliphatic carbocycles. The first-order valence-electron chi connectivity index (χ1n) is 9.45. The van der Waals surface area contributed by atoms with E-state index in [2.05, 4.69) is 17.3 Å². The molecule has 1 fully saturated rings. The Labute approximate surface area is 169 Å². The van der Waals surface area contributed by atoms with E-state index in [4.69, 9.17) is 0 Å². The molecule has 2 aromatic carbocycles. The van der Waals surface area contributed by atoms with E-state index in [-0.39, 0.29) is 11.6 Å². The molecule has 3 rings (SSSR count). The molecule has 1 N–H and O–H groups in total. The van der Waals surface area contributed by atoms with Crippen LogP contribution in [-0.2, 0) is 0 Å². The third-order valence-corrected chi connectivity index (χ3v) is 6.17. The minimum absolute atomic E-state index is 0.0475. The average Bonchev–Trinajstić information content (AvgIpc) is 3.08. The highest BCUT2D eigenvalue weighted by Crippen LogP contribution is 2.35. The van der Waals surface area contributed by atoms with E-state index in [1.807, 2.05) is 31.2 Å². The van der Waals surface area contributed by atoms with Gasteiger partial charge in [0.1, 0.15) is 0 Å². The molecule has 28 heavy (non-hydrogen) atoms. The van der Waals surface area contributed by atoms with Gasteiger partial charge in [-0.2, -0.15) is 0 Å². The number of carbonyl (C=O) groups excluding carboxylic acids is 1. The maximum absolute atomic E-state index is 12.4. The van der Waals surface area contributed by atoms with Crippen LogP contribution in [0.15, 0.2) is 52.3 Å². The highest BCUT2D eigenvalue weighted by atomic mass is 32.2. The molecule has 1 amide bonds. The molecular formula is C21H25N3O3S. The third-order valence-electron chi connectivity index (χ3n) is 5.10. The van der Waals surface area contributed by atoms with E-state index < -0.39 is 4.92 Å². The lowest BCUT2D eigenvalue weighted by Gasteiger charge is -2.19. The monoisotopic (exact) mass is 399 g/mol. The van der Waals surface area contributed by atoms with Gasteiger partial charge in [-0.3, -0.25) is 14.9 Å². The summed E-state index contributed by atoms with van der Waals surface area (Å²) in [7, 11) is 2.10. The summed E-state index contributed by atoms with van der Waals surface area (Å²) in [6, 6.07) is 13.0. The van der Waals surface area contributed by atoms with Crippen molar-refractivity contribution in [3.05, 3.63) is 63.7 Å². The minimum atomic E-state index is -0.430. The van der Waals surface area contributed by atoms with E-state index in [1.165, 1.54) is 24.2 Å². The number of rotatable bonds is 7. The zero-order chi connectivity index (χ0) is 20.1. The number of amides is 1. The van der Waals surface area contributed by atoms with Crippen LogP contribution in [0.2, 0.25) is 0 Å². The summed E-state index contributed by atoms with van der Waals surface area (Å²) in [5.41, 5.74) is 1.41. The third kappa shape index (κ3) is 5.11. The maximum Gasteiger partial charge on any atom is 0.284 e. The number of nitrogens with one attached hydrogen (secondary N) is 1. The van der Waals surface area contributed by atoms with Crippen LogP contribution in [0.1, 0.15) is 35.2 Å². The Bertz CT molecular complexity index is 854. The summed E-state index contributed by atoms with van der Waals surface area (Å²) in [4.78, 5) is 27.3. The lowest BCUT2D eigenvalue weighted by atomic mass is 10.1. The molecule has 6 nitrogen and oxygen atoms in total. The van der Waals surface area contributed by atoms with Gasteiger partial charge in [-0.1, -0.05) is 29.5 Å². The van der Waals surface area contributed by atoms with E-state index >= 15 is 0 Å². The molecule has 0 spiro atoms. The van der Waals surface area contributed by atoms with Crippen LogP contribution < -0.4 is 5.32 Å². The second kappa shape index (κ2) is 9.21. The van der Waals surface area contributed by atoms with E-state index in [0.717, 1.165) is 29.8 Å². The van der Waals surface area contributed by atoms with Gasteiger partial charge in [0.25, 0.3) is 11.6 Å². The van der Waals surface area contributed by atoms with Gasteiger partial charge < -0.3 is 10.2 Å². The van der Waals surface area contributed by atoms with Crippen molar-refractivity contribution in [2.24, 2.45) is 0 Å². The SMILES string of the molecule is Cc1ccc(Sc2ccc(C(=O)NCCC3CCCN3C)cc2[N+](=O)[O-])cc1. The molecule has 148 valence electrons. The van der Waals surface area contributed by atoms with Gasteiger partial charge in [-0.05, 0) is 64.0 Å². The van der Waals surface area contributed by atoms with Gasteiger partial charge in [0.2, 0.25) is 0 Å². The summed E-state index contributed by atoms with van der Waals surface area (Å²) in [5, 5.41) is 14.4. The Hall–Kier alpha value is -2.38. The van der Waals surface area contributed by atoms with Crippen molar-refractivity contribution in [3.63, 3.8) is 0 Å². The van der Waals surface area contributed by atoms with Crippen molar-refractivity contribution in [2.75, 3.05) is 20.1 Å². The molecule has 1 saturated heterocycles. The number of likely N-dealkylation sites (tertiary alicyclic amines) is 1. The van der Waals surface area contributed by atoms with Gasteiger partial charge >= 0.3 is 0 Å². The molecule has 0 bridgehead atoms. The molecule has 7 heteroatoms. The topological polar surface area (TPSA) is 75.5 Å². The molecule has 1 unspecified atom stereocenters. The van der Waals surface area contributed by atoms with Gasteiger partial charge in [0, 0.05) is 29.1 Å². The van der Waals surface area contributed by atoms with E-state index in [0.29, 0.717) is 23.0 Å². The number of nitrogens with zero attached hydrogens (tertiary/aromatic N) is 2. The van der Waals surface area contributed by atoms with Crippen molar-refractivity contribution in [3.8, 4) is 0 Å². The van der Waals surface area contributed by atoms with E-state index in [9.17, 15) is 14.9 Å². The zero-order valence-corrected chi connectivity index (χ0v) is 17.0. The second-order valence-electron chi connectivity index (χ2n) is 7.18. The number of aryl methyl sites for hydroxylation is 1. The summed E-state index contributed by atoms with van der Waals surface area (Å²) in [6.07, 6.45) is 3.25. The highest BCUT2D eigenvalue weighted by Gasteiger charge is 2.21. The molecule has 0 aromatic heterocycles. The summed E-state index contributed by atoms with van der Waals surface area (Å²) in [6.45, 7) is 3.67. The molecule has 1 heterocycles. The van der Waals surface area contributed by atoms with Crippen LogP contribution in [0.3, 0.4) is 0 Å². The Balaban J connectivity index is 1.66. The molecule has 2 aromatic rings. The molecule has 1 atom stereocenters. The van der Waals surface area contributed by atoms with Crippen molar-refractivity contribution in [1.82, 2.24) is 10.2 Å². The summed E-state index contributed by atoms with van der Waals surface area (Å²) < 4.78 is 0. The number of nitro groups is 1. The Morgan fingerprint density at radius 3 is 2.68 bits per heavy atom. The normalized spacial score (nSPS) is 16.9. The first-order valence-corrected chi connectivity index (χ1v) is 10.3. The van der Waals surface area contributed by atoms with Crippen LogP contribution in [-0.4, -0.2) is 41.9 Å². The Kier molecular flexibility index (Phi) is 6.70. The van der Waals surface area contributed by atoms with Crippen molar-refractivity contribution in [2.45, 2.75) is 42.0 Å². The Morgan fingerprint density at radius 1 is 1.29 bits per heavy atom. The van der Waals surface area contributed by atoms with E-state index in [1.54, 1.807) is 12.1 Å². The quantitative estimate of drug-likeness (QED) is 0.556. The van der Waals surface area contributed by atoms with Crippen LogP contribution in [0.5, 0.6) is 0 Å². The number of hydrogen-bond donors (Lipinski definition) is 1. The smallest absolute Gasteiger partial charge is 0.284 e. The average molecular weight is 400 g/mol. The number of nitro benzene ring substituents is 1. The van der Waals surface area contributed by atoms with Crippen molar-refractivity contribution in [1.29, 1.82) is 0 Å². The Morgan fingerprint density at radius 2 is 2.04 bits per heavy atom. The fraction of sp³-hybridized carbons (Fsp3) is 0.381. The lowest BCUT2D eigenvalue weighted by molar-refractivity contribution is -0.387. The van der Waals surface area contributed by atoms with Crippen LogP contribution in [0.4, 0.5) is 5.69 Å². The molecule has 1 aliphatic rings. The predicted molar refractivity (Wildman–Crippen MR) is 111 cm³/mol. The fourth-order valence-electron chi connectivity index (χ4n) is 3.42. The van der Waals surface area contributed by atoms with Crippen molar-refractivity contribution < 1.29 is 9.72 Å². The van der Waals surface area contributed by atoms with Gasteiger partial charge in [0.15, 0.2) is 0 Å². The van der Waals surface area contributed by atoms with Crippen molar-refractivity contribution >= 4 is 23.4 Å². The predicted octanol–water partition coefficient (Wildman–Crippen LogP) is 4.27. The molecule has 1 aliphatic heterocycles. The fourth-order valence-corrected chi connectivity index (χ4v) is 4.32. The van der Waals surface area contributed by atoms with Crippen LogP contribution in [0, 0.1) is 17.0 Å². The zero-order valence-electron chi connectivity index (χ0n) is 16.2. The van der Waals surface area contributed by atoms with Gasteiger partial charge in [-0.25, -0.2) is 0 Å². The number of hydrogen-bond acceptors (Lipinski definition) is 5. The first-order chi connectivity index (χ1) is 13.4. The standard InChI is InChI=1S/C21H25N3O3S/c1-15-5-8-18(9-6-15)28-20-10-7-16(14-19(20)24(26)27)21(25)22-12-11-17-4-3-13-23(17)2/h5-10,14,17H,3-4,11-13H2,1-2H3,(H,22,25). The lowest BCUT2D eigenvalue weighted by Crippen LogP contribution is -2.31. The van der Waals surface area contributed by atoms with Gasteiger partial charge in [-0.15, -0.1) is 0 Å². The van der Waals surface area contributed by atoms with Crippen LogP contribution >= 0.6 is 11.8 Å². The molecular weight excluding hydrogens is 374 g/mol. The first kappa shape index (κ1) is 20.4. The number of benzene rings is 2. The second-order valence-corrected chi connectivity index (χ2v) is 8.29. The molecule has 0 radical (unpaired) electrons. The molecule has 0 saturated carbocycles. The van der Waals surface area contributed by atoms with Crippen LogP contribution in [0.25, 0.3) is 0 Å². The number of carbonyl (C=O) groups is 1. The summed E-state index contributed by atoms with van der Waals surface area (Å²) >= 11 is 1.33. The van der Waals surface area contributed by atoms with Gasteiger partial charge in [0.05, 0.1) is 9.82 Å². The highest BCUT2D eigenvalue weighted by molar-refractivity contribution is 7.99.